The van der Waals surface area contributed by atoms with Crippen LogP contribution in [0.3, 0.4) is 0 Å². The monoisotopic (exact) mass is 255 g/mol. The van der Waals surface area contributed by atoms with Gasteiger partial charge in [-0.05, 0) is 43.1 Å². The molecule has 0 aromatic carbocycles. The molecule has 0 aromatic heterocycles. The van der Waals surface area contributed by atoms with E-state index in [1.54, 1.807) is 0 Å². The second kappa shape index (κ2) is 9.83. The highest BCUT2D eigenvalue weighted by atomic mass is 14.9. The minimum Gasteiger partial charge on any atom is -0.314 e. The first kappa shape index (κ1) is 18.0. The Labute approximate surface area is 116 Å². The Morgan fingerprint density at radius 3 is 1.67 bits per heavy atom. The van der Waals surface area contributed by atoms with Crippen molar-refractivity contribution in [2.75, 3.05) is 6.54 Å². The summed E-state index contributed by atoms with van der Waals surface area (Å²) < 4.78 is 0. The highest BCUT2D eigenvalue weighted by Gasteiger charge is 2.28. The summed E-state index contributed by atoms with van der Waals surface area (Å²) in [6.45, 7) is 17.7. The predicted molar refractivity (Wildman–Crippen MR) is 83.9 cm³/mol. The van der Waals surface area contributed by atoms with E-state index in [1.165, 1.54) is 32.2 Å². The number of nitrogens with one attached hydrogen (secondary N) is 1. The van der Waals surface area contributed by atoms with E-state index in [4.69, 9.17) is 0 Å². The van der Waals surface area contributed by atoms with E-state index >= 15 is 0 Å². The standard InChI is InChI=1S/C17H37N/c1-8-11-18-16(12-15(9-2)10-3)17(13(4)5)14(6)7/h13-18H,8-12H2,1-7H3. The first-order valence-electron chi connectivity index (χ1n) is 8.21. The van der Waals surface area contributed by atoms with E-state index < -0.39 is 0 Å². The summed E-state index contributed by atoms with van der Waals surface area (Å²) in [4.78, 5) is 0. The van der Waals surface area contributed by atoms with Crippen molar-refractivity contribution in [2.45, 2.75) is 80.2 Å². The molecule has 1 N–H and O–H groups in total. The molecule has 0 heterocycles. The smallest absolute Gasteiger partial charge is 0.0103 e. The molecule has 0 radical (unpaired) electrons. The third-order valence-corrected chi connectivity index (χ3v) is 4.40. The van der Waals surface area contributed by atoms with E-state index in [9.17, 15) is 0 Å². The van der Waals surface area contributed by atoms with Crippen LogP contribution in [0.1, 0.15) is 74.1 Å². The molecule has 0 aromatic rings. The SMILES string of the molecule is CCCNC(CC(CC)CC)C(C(C)C)C(C)C. The lowest BCUT2D eigenvalue weighted by molar-refractivity contribution is 0.180. The van der Waals surface area contributed by atoms with Crippen LogP contribution in [0.2, 0.25) is 0 Å². The van der Waals surface area contributed by atoms with Crippen LogP contribution in [0.25, 0.3) is 0 Å². The molecular weight excluding hydrogens is 218 g/mol. The van der Waals surface area contributed by atoms with Crippen molar-refractivity contribution in [3.05, 3.63) is 0 Å². The molecule has 0 aliphatic rings. The Kier molecular flexibility index (Phi) is 9.81. The van der Waals surface area contributed by atoms with E-state index in [2.05, 4.69) is 53.8 Å². The summed E-state index contributed by atoms with van der Waals surface area (Å²) >= 11 is 0. The van der Waals surface area contributed by atoms with Crippen molar-refractivity contribution in [3.63, 3.8) is 0 Å². The molecular formula is C17H37N. The Morgan fingerprint density at radius 2 is 1.33 bits per heavy atom. The van der Waals surface area contributed by atoms with Crippen molar-refractivity contribution >= 4 is 0 Å². The van der Waals surface area contributed by atoms with Gasteiger partial charge in [0.25, 0.3) is 0 Å². The molecule has 0 amide bonds. The quantitative estimate of drug-likeness (QED) is 0.572. The van der Waals surface area contributed by atoms with Crippen molar-refractivity contribution in [3.8, 4) is 0 Å². The first-order valence-corrected chi connectivity index (χ1v) is 8.21. The Morgan fingerprint density at radius 1 is 0.833 bits per heavy atom. The van der Waals surface area contributed by atoms with Crippen LogP contribution in [0.5, 0.6) is 0 Å². The molecule has 0 rings (SSSR count). The number of hydrogen-bond donors (Lipinski definition) is 1. The third kappa shape index (κ3) is 6.22. The molecule has 1 heteroatoms. The van der Waals surface area contributed by atoms with Gasteiger partial charge in [0, 0.05) is 6.04 Å². The fourth-order valence-corrected chi connectivity index (χ4v) is 3.39. The molecule has 0 saturated carbocycles. The molecule has 1 nitrogen and oxygen atoms in total. The van der Waals surface area contributed by atoms with Crippen LogP contribution < -0.4 is 5.32 Å². The van der Waals surface area contributed by atoms with E-state index in [1.807, 2.05) is 0 Å². The van der Waals surface area contributed by atoms with Crippen LogP contribution in [-0.2, 0) is 0 Å². The van der Waals surface area contributed by atoms with Crippen molar-refractivity contribution in [2.24, 2.45) is 23.7 Å². The summed E-state index contributed by atoms with van der Waals surface area (Å²) in [6, 6.07) is 0.704. The summed E-state index contributed by atoms with van der Waals surface area (Å²) in [5.41, 5.74) is 0. The van der Waals surface area contributed by atoms with Crippen LogP contribution in [0.4, 0.5) is 0 Å². The lowest BCUT2D eigenvalue weighted by atomic mass is 9.76. The van der Waals surface area contributed by atoms with Gasteiger partial charge >= 0.3 is 0 Å². The van der Waals surface area contributed by atoms with Gasteiger partial charge in [-0.15, -0.1) is 0 Å². The second-order valence-corrected chi connectivity index (χ2v) is 6.54. The average Bonchev–Trinajstić information content (AvgIpc) is 2.31. The largest absolute Gasteiger partial charge is 0.314 e. The maximum Gasteiger partial charge on any atom is 0.0103 e. The predicted octanol–water partition coefficient (Wildman–Crippen LogP) is 5.11. The van der Waals surface area contributed by atoms with Gasteiger partial charge in [0.15, 0.2) is 0 Å². The Bertz CT molecular complexity index is 174. The first-order chi connectivity index (χ1) is 8.47. The van der Waals surface area contributed by atoms with Gasteiger partial charge in [-0.25, -0.2) is 0 Å². The van der Waals surface area contributed by atoms with Crippen molar-refractivity contribution in [1.82, 2.24) is 5.32 Å². The lowest BCUT2D eigenvalue weighted by Crippen LogP contribution is -2.42. The maximum atomic E-state index is 3.83. The van der Waals surface area contributed by atoms with Gasteiger partial charge in [0.05, 0.1) is 0 Å². The van der Waals surface area contributed by atoms with E-state index in [-0.39, 0.29) is 0 Å². The third-order valence-electron chi connectivity index (χ3n) is 4.40. The highest BCUT2D eigenvalue weighted by Crippen LogP contribution is 2.29. The number of hydrogen-bond acceptors (Lipinski definition) is 1. The Hall–Kier alpha value is -0.0400. The second-order valence-electron chi connectivity index (χ2n) is 6.54. The van der Waals surface area contributed by atoms with Gasteiger partial charge in [-0.1, -0.05) is 61.3 Å². The molecule has 0 bridgehead atoms. The topological polar surface area (TPSA) is 12.0 Å². The molecule has 0 aliphatic carbocycles. The zero-order chi connectivity index (χ0) is 14.1. The highest BCUT2D eigenvalue weighted by molar-refractivity contribution is 4.83. The molecule has 1 unspecified atom stereocenters. The van der Waals surface area contributed by atoms with Gasteiger partial charge in [-0.2, -0.15) is 0 Å². The Balaban J connectivity index is 4.70. The lowest BCUT2D eigenvalue weighted by Gasteiger charge is -2.36. The molecule has 0 fully saturated rings. The molecule has 18 heavy (non-hydrogen) atoms. The van der Waals surface area contributed by atoms with Gasteiger partial charge < -0.3 is 5.32 Å². The van der Waals surface area contributed by atoms with Crippen LogP contribution in [0.15, 0.2) is 0 Å². The molecule has 0 spiro atoms. The fraction of sp³-hybridized carbons (Fsp3) is 1.00. The van der Waals surface area contributed by atoms with Crippen LogP contribution in [-0.4, -0.2) is 12.6 Å². The summed E-state index contributed by atoms with van der Waals surface area (Å²) in [5.74, 6) is 3.24. The normalized spacial score (nSPS) is 14.2. The summed E-state index contributed by atoms with van der Waals surface area (Å²) in [7, 11) is 0. The molecule has 0 aliphatic heterocycles. The van der Waals surface area contributed by atoms with E-state index in [0.29, 0.717) is 6.04 Å². The zero-order valence-corrected chi connectivity index (χ0v) is 13.9. The fourth-order valence-electron chi connectivity index (χ4n) is 3.39. The maximum absolute atomic E-state index is 3.83. The minimum absolute atomic E-state index is 0.704. The van der Waals surface area contributed by atoms with Gasteiger partial charge in [-0.3, -0.25) is 0 Å². The minimum atomic E-state index is 0.704. The molecule has 1 atom stereocenters. The van der Waals surface area contributed by atoms with Crippen LogP contribution in [0, 0.1) is 23.7 Å². The van der Waals surface area contributed by atoms with E-state index in [0.717, 1.165) is 23.7 Å². The van der Waals surface area contributed by atoms with Crippen molar-refractivity contribution < 1.29 is 0 Å². The van der Waals surface area contributed by atoms with Gasteiger partial charge in [0.1, 0.15) is 0 Å². The molecule has 110 valence electrons. The number of rotatable bonds is 10. The average molecular weight is 255 g/mol. The van der Waals surface area contributed by atoms with Gasteiger partial charge in [0.2, 0.25) is 0 Å². The zero-order valence-electron chi connectivity index (χ0n) is 13.9. The summed E-state index contributed by atoms with van der Waals surface area (Å²) in [6.07, 6.45) is 5.24. The summed E-state index contributed by atoms with van der Waals surface area (Å²) in [5, 5.41) is 3.83. The molecule has 0 saturated heterocycles. The van der Waals surface area contributed by atoms with Crippen LogP contribution >= 0.6 is 0 Å². The van der Waals surface area contributed by atoms with Crippen molar-refractivity contribution in [1.29, 1.82) is 0 Å².